The lowest BCUT2D eigenvalue weighted by Crippen LogP contribution is -2.39. The van der Waals surface area contributed by atoms with E-state index in [2.05, 4.69) is 4.90 Å². The average molecular weight is 559 g/mol. The minimum atomic E-state index is -3.33. The number of aromatic nitrogens is 1. The maximum Gasteiger partial charge on any atom is 0.260 e. The molecule has 3 aromatic rings. The monoisotopic (exact) mass is 557 g/mol. The number of anilines is 1. The summed E-state index contributed by atoms with van der Waals surface area (Å²) in [5.74, 6) is -0.188. The molecule has 7 nitrogen and oxygen atoms in total. The number of morpholine rings is 1. The zero-order chi connectivity index (χ0) is 24.3. The zero-order valence-electron chi connectivity index (χ0n) is 19.7. The van der Waals surface area contributed by atoms with Gasteiger partial charge >= 0.3 is 0 Å². The summed E-state index contributed by atoms with van der Waals surface area (Å²) < 4.78 is 30.7. The van der Waals surface area contributed by atoms with Crippen molar-refractivity contribution in [1.82, 2.24) is 9.88 Å². The molecule has 190 valence electrons. The number of aryl methyl sites for hydroxylation is 1. The molecule has 1 fully saturated rings. The Balaban J connectivity index is 0.00000342. The third-order valence-electron chi connectivity index (χ3n) is 5.92. The van der Waals surface area contributed by atoms with Crippen LogP contribution >= 0.6 is 35.3 Å². The predicted octanol–water partition coefficient (Wildman–Crippen LogP) is 4.84. The van der Waals surface area contributed by atoms with E-state index in [1.54, 1.807) is 24.0 Å². The van der Waals surface area contributed by atoms with E-state index < -0.39 is 9.84 Å². The van der Waals surface area contributed by atoms with Crippen LogP contribution < -0.4 is 4.90 Å². The first kappa shape index (κ1) is 27.8. The first-order valence-electron chi connectivity index (χ1n) is 11.3. The van der Waals surface area contributed by atoms with E-state index in [0.717, 1.165) is 55.0 Å². The predicted molar refractivity (Wildman–Crippen MR) is 144 cm³/mol. The molecule has 4 rings (SSSR count). The molecule has 1 saturated heterocycles. The van der Waals surface area contributed by atoms with Gasteiger partial charge in [-0.1, -0.05) is 29.9 Å². The summed E-state index contributed by atoms with van der Waals surface area (Å²) in [5, 5.41) is 1.25. The number of rotatable bonds is 8. The number of carbonyl (C=O) groups excluding carboxylic acids is 1. The maximum absolute atomic E-state index is 13.6. The Morgan fingerprint density at radius 2 is 1.89 bits per heavy atom. The van der Waals surface area contributed by atoms with Crippen LogP contribution in [0.2, 0.25) is 5.02 Å². The summed E-state index contributed by atoms with van der Waals surface area (Å²) in [6.45, 7) is 8.15. The van der Waals surface area contributed by atoms with Crippen LogP contribution in [-0.4, -0.2) is 69.4 Å². The Bertz CT molecular complexity index is 1270. The van der Waals surface area contributed by atoms with Crippen LogP contribution in [0.25, 0.3) is 10.2 Å². The normalized spacial score (nSPS) is 14.6. The summed E-state index contributed by atoms with van der Waals surface area (Å²) in [4.78, 5) is 22.6. The van der Waals surface area contributed by atoms with Gasteiger partial charge < -0.3 is 4.74 Å². The van der Waals surface area contributed by atoms with Crippen LogP contribution in [0.3, 0.4) is 0 Å². The lowest BCUT2D eigenvalue weighted by atomic mass is 10.2. The lowest BCUT2D eigenvalue weighted by molar-refractivity contribution is 0.0376. The highest BCUT2D eigenvalue weighted by molar-refractivity contribution is 7.91. The molecular weight excluding hydrogens is 529 g/mol. The van der Waals surface area contributed by atoms with E-state index in [1.165, 1.54) is 23.5 Å². The van der Waals surface area contributed by atoms with Gasteiger partial charge in [-0.3, -0.25) is 14.6 Å². The smallest absolute Gasteiger partial charge is 0.260 e. The van der Waals surface area contributed by atoms with E-state index >= 15 is 0 Å². The third kappa shape index (κ3) is 6.53. The Labute approximate surface area is 221 Å². The Kier molecular flexibility index (Phi) is 9.53. The molecule has 1 aliphatic rings. The molecule has 35 heavy (non-hydrogen) atoms. The van der Waals surface area contributed by atoms with Crippen molar-refractivity contribution in [3.8, 4) is 0 Å². The summed E-state index contributed by atoms with van der Waals surface area (Å²) in [6.07, 6.45) is 0.781. The molecular formula is C24H29Cl2N3O4S2. The molecule has 1 aromatic heterocycles. The van der Waals surface area contributed by atoms with Crippen molar-refractivity contribution in [2.75, 3.05) is 50.0 Å². The molecule has 2 aromatic carbocycles. The largest absolute Gasteiger partial charge is 0.379 e. The quantitative estimate of drug-likeness (QED) is 0.394. The first-order valence-corrected chi connectivity index (χ1v) is 14.1. The minimum absolute atomic E-state index is 0. The molecule has 0 atom stereocenters. The van der Waals surface area contributed by atoms with Gasteiger partial charge in [0.25, 0.3) is 5.91 Å². The molecule has 0 aliphatic carbocycles. The van der Waals surface area contributed by atoms with Crippen molar-refractivity contribution in [3.05, 3.63) is 52.5 Å². The van der Waals surface area contributed by atoms with E-state index in [0.29, 0.717) is 22.3 Å². The van der Waals surface area contributed by atoms with Gasteiger partial charge in [-0.05, 0) is 55.3 Å². The number of fused-ring (bicyclic) bond motifs is 1. The van der Waals surface area contributed by atoms with Crippen LogP contribution in [0, 0.1) is 6.92 Å². The average Bonchev–Trinajstić information content (AvgIpc) is 3.26. The van der Waals surface area contributed by atoms with Gasteiger partial charge in [0.2, 0.25) is 0 Å². The van der Waals surface area contributed by atoms with Crippen molar-refractivity contribution < 1.29 is 17.9 Å². The fraction of sp³-hybridized carbons (Fsp3) is 0.417. The van der Waals surface area contributed by atoms with Crippen molar-refractivity contribution in [1.29, 1.82) is 0 Å². The van der Waals surface area contributed by atoms with E-state index in [9.17, 15) is 13.2 Å². The second-order valence-electron chi connectivity index (χ2n) is 8.26. The molecule has 0 bridgehead atoms. The van der Waals surface area contributed by atoms with Gasteiger partial charge in [-0.25, -0.2) is 13.4 Å². The molecule has 0 saturated carbocycles. The van der Waals surface area contributed by atoms with Crippen molar-refractivity contribution in [2.24, 2.45) is 0 Å². The third-order valence-corrected chi connectivity index (χ3v) is 8.91. The second kappa shape index (κ2) is 12.0. The number of sulfone groups is 1. The maximum atomic E-state index is 13.6. The van der Waals surface area contributed by atoms with E-state index in [4.69, 9.17) is 21.3 Å². The lowest BCUT2D eigenvalue weighted by Gasteiger charge is -2.27. The number of amides is 1. The fourth-order valence-corrected chi connectivity index (χ4v) is 6.28. The fourth-order valence-electron chi connectivity index (χ4n) is 3.95. The Morgan fingerprint density at radius 3 is 2.54 bits per heavy atom. The number of carbonyl (C=O) groups is 1. The van der Waals surface area contributed by atoms with Crippen LogP contribution in [0.5, 0.6) is 0 Å². The molecule has 2 heterocycles. The van der Waals surface area contributed by atoms with Gasteiger partial charge in [0, 0.05) is 36.8 Å². The number of nitrogens with zero attached hydrogens (tertiary/aromatic N) is 3. The zero-order valence-corrected chi connectivity index (χ0v) is 22.9. The molecule has 1 aliphatic heterocycles. The molecule has 0 radical (unpaired) electrons. The Morgan fingerprint density at radius 1 is 1.20 bits per heavy atom. The first-order chi connectivity index (χ1) is 16.3. The number of thiazole rings is 1. The number of halogens is 2. The Hall–Kier alpha value is -1.75. The van der Waals surface area contributed by atoms with Crippen molar-refractivity contribution in [3.63, 3.8) is 0 Å². The number of ether oxygens (including phenoxy) is 1. The highest BCUT2D eigenvalue weighted by Gasteiger charge is 2.23. The number of hydrogen-bond donors (Lipinski definition) is 0. The summed E-state index contributed by atoms with van der Waals surface area (Å²) in [5.41, 5.74) is 2.22. The second-order valence-corrected chi connectivity index (χ2v) is 12.0. The summed E-state index contributed by atoms with van der Waals surface area (Å²) >= 11 is 7.67. The van der Waals surface area contributed by atoms with Gasteiger partial charge in [-0.15, -0.1) is 12.4 Å². The summed E-state index contributed by atoms with van der Waals surface area (Å²) in [6, 6.07) is 9.89. The topological polar surface area (TPSA) is 79.8 Å². The van der Waals surface area contributed by atoms with Crippen LogP contribution in [0.4, 0.5) is 5.13 Å². The standard InChI is InChI=1S/C24H28ClN3O4S2.ClH/c1-3-34(30,31)20-7-5-18(6-8-20)23(29)28(10-4-9-27-11-13-32-14-12-27)24-26-22-17(2)15-19(25)16-21(22)33-24;/h5-8,15-16H,3-4,9-14H2,1-2H3;1H. The SMILES string of the molecule is CCS(=O)(=O)c1ccc(C(=O)N(CCCN2CCOCC2)c2nc3c(C)cc(Cl)cc3s2)cc1.Cl. The van der Waals surface area contributed by atoms with Gasteiger partial charge in [0.05, 0.1) is 34.1 Å². The van der Waals surface area contributed by atoms with Crippen molar-refractivity contribution >= 4 is 66.4 Å². The van der Waals surface area contributed by atoms with E-state index in [1.807, 2.05) is 19.1 Å². The molecule has 11 heteroatoms. The molecule has 0 spiro atoms. The molecule has 1 amide bonds. The highest BCUT2D eigenvalue weighted by Crippen LogP contribution is 2.34. The highest BCUT2D eigenvalue weighted by atomic mass is 35.5. The number of hydrogen-bond acceptors (Lipinski definition) is 7. The molecule has 0 N–H and O–H groups in total. The van der Waals surface area contributed by atoms with Gasteiger partial charge in [0.15, 0.2) is 15.0 Å². The van der Waals surface area contributed by atoms with Crippen LogP contribution in [0.15, 0.2) is 41.3 Å². The van der Waals surface area contributed by atoms with Crippen molar-refractivity contribution in [2.45, 2.75) is 25.2 Å². The minimum Gasteiger partial charge on any atom is -0.379 e. The van der Waals surface area contributed by atoms with Gasteiger partial charge in [0.1, 0.15) is 0 Å². The molecule has 0 unspecified atom stereocenters. The van der Waals surface area contributed by atoms with E-state index in [-0.39, 0.29) is 29.0 Å². The van der Waals surface area contributed by atoms with Gasteiger partial charge in [-0.2, -0.15) is 0 Å². The van der Waals surface area contributed by atoms with Crippen LogP contribution in [-0.2, 0) is 14.6 Å². The van der Waals surface area contributed by atoms with Crippen LogP contribution in [0.1, 0.15) is 29.3 Å². The summed E-state index contributed by atoms with van der Waals surface area (Å²) in [7, 11) is -3.33. The number of benzene rings is 2.